The van der Waals surface area contributed by atoms with Crippen molar-refractivity contribution >= 4 is 23.2 Å². The monoisotopic (exact) mass is 512 g/mol. The third-order valence-electron chi connectivity index (χ3n) is 6.14. The van der Waals surface area contributed by atoms with Crippen molar-refractivity contribution < 1.29 is 19.2 Å². The number of benzene rings is 3. The minimum Gasteiger partial charge on any atom is -0.497 e. The number of rotatable bonds is 7. The van der Waals surface area contributed by atoms with E-state index in [-0.39, 0.29) is 11.6 Å². The number of nitrogens with zero attached hydrogens (tertiary/aromatic N) is 4. The number of nitro groups is 1. The molecule has 0 radical (unpaired) electrons. The fourth-order valence-electron chi connectivity index (χ4n) is 4.34. The van der Waals surface area contributed by atoms with Crippen LogP contribution in [0.5, 0.6) is 11.5 Å². The van der Waals surface area contributed by atoms with E-state index in [1.807, 2.05) is 18.2 Å². The van der Waals surface area contributed by atoms with Gasteiger partial charge >= 0.3 is 0 Å². The molecule has 0 saturated carbocycles. The van der Waals surface area contributed by atoms with Gasteiger partial charge in [0.25, 0.3) is 11.6 Å². The average molecular weight is 513 g/mol. The summed E-state index contributed by atoms with van der Waals surface area (Å²) in [4.78, 5) is 29.3. The number of carbonyl (C=O) groups excluding carboxylic acids is 1. The number of nitrogens with one attached hydrogen (secondary N) is 2. The predicted molar refractivity (Wildman–Crippen MR) is 141 cm³/mol. The summed E-state index contributed by atoms with van der Waals surface area (Å²) in [5.74, 6) is 1.49. The number of aromatic nitrogens is 3. The van der Waals surface area contributed by atoms with Crippen LogP contribution in [0, 0.1) is 10.1 Å². The fraction of sp³-hybridized carbons (Fsp3) is 0.148. The van der Waals surface area contributed by atoms with Crippen LogP contribution in [0.3, 0.4) is 0 Å². The Balaban J connectivity index is 1.64. The minimum atomic E-state index is -0.788. The maximum absolute atomic E-state index is 13.6. The second kappa shape index (κ2) is 10.1. The first-order chi connectivity index (χ1) is 18.4. The molecule has 3 aromatic carbocycles. The van der Waals surface area contributed by atoms with E-state index in [1.165, 1.54) is 12.1 Å². The zero-order chi connectivity index (χ0) is 26.8. The van der Waals surface area contributed by atoms with Gasteiger partial charge in [-0.2, -0.15) is 4.98 Å². The Morgan fingerprint density at radius 3 is 2.39 bits per heavy atom. The third-order valence-corrected chi connectivity index (χ3v) is 6.14. The number of amides is 1. The van der Waals surface area contributed by atoms with Gasteiger partial charge in [0.2, 0.25) is 5.95 Å². The molecule has 1 aliphatic rings. The molecule has 0 saturated heterocycles. The van der Waals surface area contributed by atoms with Gasteiger partial charge in [-0.15, -0.1) is 5.10 Å². The van der Waals surface area contributed by atoms with Gasteiger partial charge in [-0.25, -0.2) is 4.68 Å². The Labute approximate surface area is 217 Å². The highest BCUT2D eigenvalue weighted by atomic mass is 16.6. The van der Waals surface area contributed by atoms with Gasteiger partial charge in [-0.3, -0.25) is 14.9 Å². The number of anilines is 2. The summed E-state index contributed by atoms with van der Waals surface area (Å²) in [6.07, 6.45) is 0. The van der Waals surface area contributed by atoms with Crippen LogP contribution in [0.2, 0.25) is 0 Å². The van der Waals surface area contributed by atoms with Crippen molar-refractivity contribution in [3.05, 3.63) is 99.7 Å². The lowest BCUT2D eigenvalue weighted by molar-refractivity contribution is -0.384. The van der Waals surface area contributed by atoms with Crippen molar-refractivity contribution in [3.8, 4) is 22.9 Å². The van der Waals surface area contributed by atoms with Gasteiger partial charge in [-0.1, -0.05) is 30.3 Å². The van der Waals surface area contributed by atoms with E-state index in [4.69, 9.17) is 14.6 Å². The zero-order valence-corrected chi connectivity index (χ0v) is 20.8. The highest BCUT2D eigenvalue weighted by Crippen LogP contribution is 2.38. The van der Waals surface area contributed by atoms with Gasteiger partial charge in [0.15, 0.2) is 5.82 Å². The van der Waals surface area contributed by atoms with Gasteiger partial charge < -0.3 is 20.1 Å². The van der Waals surface area contributed by atoms with Crippen molar-refractivity contribution in [3.63, 3.8) is 0 Å². The van der Waals surface area contributed by atoms with Crippen LogP contribution in [0.1, 0.15) is 18.5 Å². The Morgan fingerprint density at radius 1 is 1.03 bits per heavy atom. The number of carbonyl (C=O) groups is 1. The molecule has 192 valence electrons. The molecule has 1 atom stereocenters. The highest BCUT2D eigenvalue weighted by Gasteiger charge is 2.35. The fourth-order valence-corrected chi connectivity index (χ4v) is 4.34. The van der Waals surface area contributed by atoms with Crippen LogP contribution < -0.4 is 20.1 Å². The summed E-state index contributed by atoms with van der Waals surface area (Å²) >= 11 is 0. The average Bonchev–Trinajstić information content (AvgIpc) is 3.36. The molecule has 0 aliphatic carbocycles. The van der Waals surface area contributed by atoms with Crippen LogP contribution in [0.25, 0.3) is 11.4 Å². The van der Waals surface area contributed by atoms with E-state index in [2.05, 4.69) is 15.6 Å². The summed E-state index contributed by atoms with van der Waals surface area (Å²) in [5.41, 5.74) is 2.56. The number of hydrogen-bond acceptors (Lipinski definition) is 8. The first kappa shape index (κ1) is 24.5. The topological polar surface area (TPSA) is 133 Å². The zero-order valence-electron chi connectivity index (χ0n) is 20.8. The molecule has 2 heterocycles. The van der Waals surface area contributed by atoms with Crippen LogP contribution in [0.4, 0.5) is 17.3 Å². The van der Waals surface area contributed by atoms with E-state index in [0.717, 1.165) is 0 Å². The van der Waals surface area contributed by atoms with Crippen molar-refractivity contribution in [1.29, 1.82) is 0 Å². The molecule has 0 spiro atoms. The Kier molecular flexibility index (Phi) is 6.48. The summed E-state index contributed by atoms with van der Waals surface area (Å²) in [6, 6.07) is 19.7. The molecular weight excluding hydrogens is 488 g/mol. The van der Waals surface area contributed by atoms with Gasteiger partial charge in [0.1, 0.15) is 17.5 Å². The minimum absolute atomic E-state index is 0.0964. The van der Waals surface area contributed by atoms with Crippen molar-refractivity contribution in [2.45, 2.75) is 13.0 Å². The number of allylic oxidation sites excluding steroid dienone is 1. The lowest BCUT2D eigenvalue weighted by atomic mass is 9.94. The first-order valence-corrected chi connectivity index (χ1v) is 11.7. The van der Waals surface area contributed by atoms with E-state index in [0.29, 0.717) is 51.4 Å². The molecule has 38 heavy (non-hydrogen) atoms. The molecule has 0 fully saturated rings. The Morgan fingerprint density at radius 2 is 1.74 bits per heavy atom. The summed E-state index contributed by atoms with van der Waals surface area (Å²) in [6.45, 7) is 1.76. The quantitative estimate of drug-likeness (QED) is 0.267. The predicted octanol–water partition coefficient (Wildman–Crippen LogP) is 4.80. The number of fused-ring (bicyclic) bond motifs is 1. The van der Waals surface area contributed by atoms with E-state index in [9.17, 15) is 14.9 Å². The smallest absolute Gasteiger partial charge is 0.269 e. The Hall–Kier alpha value is -5.19. The van der Waals surface area contributed by atoms with Gasteiger partial charge in [-0.05, 0) is 36.8 Å². The number of ether oxygens (including phenoxy) is 2. The van der Waals surface area contributed by atoms with E-state index < -0.39 is 11.0 Å². The molecule has 11 heteroatoms. The maximum Gasteiger partial charge on any atom is 0.269 e. The number of non-ortho nitro benzene ring substituents is 1. The highest BCUT2D eigenvalue weighted by molar-refractivity contribution is 6.06. The normalized spacial score (nSPS) is 14.3. The number of nitro benzene ring substituents is 1. The van der Waals surface area contributed by atoms with Crippen LogP contribution in [-0.2, 0) is 4.79 Å². The molecule has 2 N–H and O–H groups in total. The van der Waals surface area contributed by atoms with Crippen molar-refractivity contribution in [1.82, 2.24) is 14.8 Å². The molecule has 1 aromatic heterocycles. The Bertz CT molecular complexity index is 1540. The summed E-state index contributed by atoms with van der Waals surface area (Å²) < 4.78 is 12.3. The van der Waals surface area contributed by atoms with Gasteiger partial charge in [0, 0.05) is 35.1 Å². The molecule has 1 aliphatic heterocycles. The van der Waals surface area contributed by atoms with Crippen molar-refractivity contribution in [2.24, 2.45) is 0 Å². The number of hydrogen-bond donors (Lipinski definition) is 2. The SMILES string of the molecule is COc1cc(OC)cc(-c2nc3n(n2)C(c2cccc([N+](=O)[O-])c2)C(C(=O)Nc2ccccc2)=C(C)N3)c1. The molecule has 5 rings (SSSR count). The number of para-hydroxylation sites is 1. The molecule has 11 nitrogen and oxygen atoms in total. The van der Waals surface area contributed by atoms with Gasteiger partial charge in [0.05, 0.1) is 24.7 Å². The van der Waals surface area contributed by atoms with E-state index >= 15 is 0 Å². The lowest BCUT2D eigenvalue weighted by Crippen LogP contribution is -2.31. The van der Waals surface area contributed by atoms with Crippen LogP contribution in [-0.4, -0.2) is 39.8 Å². The van der Waals surface area contributed by atoms with Crippen LogP contribution >= 0.6 is 0 Å². The maximum atomic E-state index is 13.6. The third kappa shape index (κ3) is 4.64. The summed E-state index contributed by atoms with van der Waals surface area (Å²) in [5, 5.41) is 22.4. The van der Waals surface area contributed by atoms with E-state index in [1.54, 1.807) is 68.3 Å². The van der Waals surface area contributed by atoms with Crippen LogP contribution in [0.15, 0.2) is 84.1 Å². The molecule has 0 bridgehead atoms. The molecule has 1 unspecified atom stereocenters. The lowest BCUT2D eigenvalue weighted by Gasteiger charge is -2.28. The summed E-state index contributed by atoms with van der Waals surface area (Å²) in [7, 11) is 3.10. The first-order valence-electron chi connectivity index (χ1n) is 11.7. The standard InChI is InChI=1S/C27H24N6O5/c1-16-23(26(34)29-19-9-5-4-6-10-19)24(17-8-7-11-20(12-17)33(35)36)32-27(28-16)30-25(31-32)18-13-21(37-2)15-22(14-18)38-3/h4-15,24H,1-3H3,(H,29,34)(H,28,30,31). The second-order valence-electron chi connectivity index (χ2n) is 8.54. The molecule has 4 aromatic rings. The molecule has 1 amide bonds. The number of methoxy groups -OCH3 is 2. The largest absolute Gasteiger partial charge is 0.497 e. The second-order valence-corrected chi connectivity index (χ2v) is 8.54. The van der Waals surface area contributed by atoms with Crippen molar-refractivity contribution in [2.75, 3.05) is 24.9 Å². The molecular formula is C27H24N6O5.